The molecule has 2 aromatic carbocycles. The lowest BCUT2D eigenvalue weighted by molar-refractivity contribution is -0.128. The first-order valence-electron chi connectivity index (χ1n) is 9.71. The second-order valence-corrected chi connectivity index (χ2v) is 8.26. The number of nitrogens with one attached hydrogen (secondary N) is 1. The summed E-state index contributed by atoms with van der Waals surface area (Å²) < 4.78 is 0. The third-order valence-corrected chi connectivity index (χ3v) is 6.05. The van der Waals surface area contributed by atoms with Gasteiger partial charge in [0.2, 0.25) is 5.91 Å². The van der Waals surface area contributed by atoms with Gasteiger partial charge in [0.1, 0.15) is 0 Å². The molecule has 0 bridgehead atoms. The highest BCUT2D eigenvalue weighted by Gasteiger charge is 2.20. The number of hydrogen-bond acceptors (Lipinski definition) is 4. The Labute approximate surface area is 174 Å². The van der Waals surface area contributed by atoms with E-state index < -0.39 is 0 Å². The molecular formula is C23H23N3O2S. The minimum Gasteiger partial charge on any atom is -0.338 e. The zero-order valence-corrected chi connectivity index (χ0v) is 17.4. The summed E-state index contributed by atoms with van der Waals surface area (Å²) in [6.07, 6.45) is 1.57. The zero-order chi connectivity index (χ0) is 20.4. The standard InChI is InChI=1S/C23H23N3O2S/c1-15-5-8-19(12-16(15)2)20-14-29-23(24-20)25-22(28)18-9-6-17(7-10-18)13-26-11-3-4-21(26)27/h5-10,12,14H,3-4,11,13H2,1-2H3,(H,24,25,28). The summed E-state index contributed by atoms with van der Waals surface area (Å²) in [5.74, 6) is 0.0185. The van der Waals surface area contributed by atoms with Gasteiger partial charge in [-0.05, 0) is 55.2 Å². The molecular weight excluding hydrogens is 382 g/mol. The first-order chi connectivity index (χ1) is 14.0. The highest BCUT2D eigenvalue weighted by Crippen LogP contribution is 2.27. The van der Waals surface area contributed by atoms with Crippen LogP contribution in [0.15, 0.2) is 47.8 Å². The summed E-state index contributed by atoms with van der Waals surface area (Å²) in [5, 5.41) is 5.41. The van der Waals surface area contributed by atoms with Gasteiger partial charge in [-0.2, -0.15) is 0 Å². The molecule has 0 atom stereocenters. The van der Waals surface area contributed by atoms with Gasteiger partial charge in [-0.15, -0.1) is 11.3 Å². The van der Waals surface area contributed by atoms with Gasteiger partial charge in [-0.25, -0.2) is 4.98 Å². The van der Waals surface area contributed by atoms with Crippen LogP contribution < -0.4 is 5.32 Å². The van der Waals surface area contributed by atoms with E-state index in [0.29, 0.717) is 23.7 Å². The molecule has 1 saturated heterocycles. The van der Waals surface area contributed by atoms with E-state index in [0.717, 1.165) is 29.8 Å². The molecule has 29 heavy (non-hydrogen) atoms. The number of carbonyl (C=O) groups excluding carboxylic acids is 2. The summed E-state index contributed by atoms with van der Waals surface area (Å²) in [6, 6.07) is 13.6. The topological polar surface area (TPSA) is 62.3 Å². The number of aryl methyl sites for hydroxylation is 2. The molecule has 0 radical (unpaired) electrons. The van der Waals surface area contributed by atoms with Crippen LogP contribution in [0, 0.1) is 13.8 Å². The Morgan fingerprint density at radius 2 is 1.93 bits per heavy atom. The SMILES string of the molecule is Cc1ccc(-c2csc(NC(=O)c3ccc(CN4CCCC4=O)cc3)n2)cc1C. The maximum absolute atomic E-state index is 12.6. The van der Waals surface area contributed by atoms with Crippen LogP contribution >= 0.6 is 11.3 Å². The van der Waals surface area contributed by atoms with E-state index in [1.807, 2.05) is 28.5 Å². The monoisotopic (exact) mass is 405 g/mol. The van der Waals surface area contributed by atoms with E-state index in [9.17, 15) is 9.59 Å². The molecule has 5 nitrogen and oxygen atoms in total. The molecule has 2 amide bonds. The molecule has 1 aliphatic rings. The number of anilines is 1. The number of likely N-dealkylation sites (tertiary alicyclic amines) is 1. The average molecular weight is 406 g/mol. The van der Waals surface area contributed by atoms with Gasteiger partial charge in [-0.1, -0.05) is 24.3 Å². The fourth-order valence-corrected chi connectivity index (χ4v) is 4.10. The van der Waals surface area contributed by atoms with Crippen LogP contribution in [0.25, 0.3) is 11.3 Å². The molecule has 6 heteroatoms. The van der Waals surface area contributed by atoms with Gasteiger partial charge in [0, 0.05) is 36.0 Å². The van der Waals surface area contributed by atoms with Crippen LogP contribution in [0.3, 0.4) is 0 Å². The van der Waals surface area contributed by atoms with Crippen molar-refractivity contribution in [2.24, 2.45) is 0 Å². The van der Waals surface area contributed by atoms with E-state index in [-0.39, 0.29) is 11.8 Å². The van der Waals surface area contributed by atoms with Crippen molar-refractivity contribution in [3.05, 3.63) is 70.1 Å². The predicted octanol–water partition coefficient (Wildman–Crippen LogP) is 4.80. The molecule has 2 heterocycles. The third kappa shape index (κ3) is 4.38. The van der Waals surface area contributed by atoms with Gasteiger partial charge >= 0.3 is 0 Å². The summed E-state index contributed by atoms with van der Waals surface area (Å²) >= 11 is 1.41. The number of benzene rings is 2. The molecule has 3 aromatic rings. The highest BCUT2D eigenvalue weighted by molar-refractivity contribution is 7.14. The first kappa shape index (κ1) is 19.3. The van der Waals surface area contributed by atoms with E-state index in [4.69, 9.17) is 0 Å². The molecule has 1 aromatic heterocycles. The van der Waals surface area contributed by atoms with Crippen LogP contribution in [0.2, 0.25) is 0 Å². The number of carbonyl (C=O) groups is 2. The predicted molar refractivity (Wildman–Crippen MR) is 116 cm³/mol. The maximum atomic E-state index is 12.6. The number of aromatic nitrogens is 1. The van der Waals surface area contributed by atoms with Crippen LogP contribution in [-0.2, 0) is 11.3 Å². The Balaban J connectivity index is 1.41. The molecule has 0 aliphatic carbocycles. The Kier molecular flexibility index (Phi) is 5.45. The molecule has 1 fully saturated rings. The van der Waals surface area contributed by atoms with E-state index in [2.05, 4.69) is 36.3 Å². The maximum Gasteiger partial charge on any atom is 0.257 e. The lowest BCUT2D eigenvalue weighted by Crippen LogP contribution is -2.23. The number of amides is 2. The van der Waals surface area contributed by atoms with Gasteiger partial charge in [-0.3, -0.25) is 14.9 Å². The van der Waals surface area contributed by atoms with Crippen LogP contribution in [0.1, 0.15) is 39.9 Å². The molecule has 0 spiro atoms. The van der Waals surface area contributed by atoms with E-state index in [1.54, 1.807) is 12.1 Å². The summed E-state index contributed by atoms with van der Waals surface area (Å²) in [5.41, 5.74) is 5.98. The number of thiazole rings is 1. The van der Waals surface area contributed by atoms with Crippen molar-refractivity contribution in [2.75, 3.05) is 11.9 Å². The van der Waals surface area contributed by atoms with Gasteiger partial charge in [0.25, 0.3) is 5.91 Å². The largest absolute Gasteiger partial charge is 0.338 e. The van der Waals surface area contributed by atoms with Crippen molar-refractivity contribution in [3.8, 4) is 11.3 Å². The molecule has 1 N–H and O–H groups in total. The minimum absolute atomic E-state index is 0.185. The van der Waals surface area contributed by atoms with Crippen molar-refractivity contribution in [1.29, 1.82) is 0 Å². The third-order valence-electron chi connectivity index (χ3n) is 5.29. The highest BCUT2D eigenvalue weighted by atomic mass is 32.1. The molecule has 148 valence electrons. The van der Waals surface area contributed by atoms with Crippen molar-refractivity contribution < 1.29 is 9.59 Å². The second-order valence-electron chi connectivity index (χ2n) is 7.41. The lowest BCUT2D eigenvalue weighted by atomic mass is 10.1. The van der Waals surface area contributed by atoms with Gasteiger partial charge in [0.05, 0.1) is 5.69 Å². The lowest BCUT2D eigenvalue weighted by Gasteiger charge is -2.15. The normalized spacial score (nSPS) is 13.7. The quantitative estimate of drug-likeness (QED) is 0.663. The second kappa shape index (κ2) is 8.17. The Morgan fingerprint density at radius 3 is 2.62 bits per heavy atom. The van der Waals surface area contributed by atoms with Crippen molar-refractivity contribution in [1.82, 2.24) is 9.88 Å². The fraction of sp³-hybridized carbons (Fsp3) is 0.261. The van der Waals surface area contributed by atoms with Gasteiger partial charge in [0.15, 0.2) is 5.13 Å². The summed E-state index contributed by atoms with van der Waals surface area (Å²) in [4.78, 5) is 30.7. The number of nitrogens with zero attached hydrogens (tertiary/aromatic N) is 2. The smallest absolute Gasteiger partial charge is 0.257 e. The summed E-state index contributed by atoms with van der Waals surface area (Å²) in [7, 11) is 0. The molecule has 4 rings (SSSR count). The first-order valence-corrected chi connectivity index (χ1v) is 10.6. The minimum atomic E-state index is -0.185. The van der Waals surface area contributed by atoms with Gasteiger partial charge < -0.3 is 4.90 Å². The molecule has 0 saturated carbocycles. The Hall–Kier alpha value is -2.99. The van der Waals surface area contributed by atoms with Crippen molar-refractivity contribution >= 4 is 28.3 Å². The van der Waals surface area contributed by atoms with E-state index >= 15 is 0 Å². The van der Waals surface area contributed by atoms with E-state index in [1.165, 1.54) is 22.5 Å². The zero-order valence-electron chi connectivity index (χ0n) is 16.6. The Morgan fingerprint density at radius 1 is 1.14 bits per heavy atom. The number of rotatable bonds is 5. The van der Waals surface area contributed by atoms with Crippen molar-refractivity contribution in [3.63, 3.8) is 0 Å². The van der Waals surface area contributed by atoms with Crippen LogP contribution in [0.5, 0.6) is 0 Å². The van der Waals surface area contributed by atoms with Crippen molar-refractivity contribution in [2.45, 2.75) is 33.2 Å². The average Bonchev–Trinajstić information content (AvgIpc) is 3.34. The number of hydrogen-bond donors (Lipinski definition) is 1. The van der Waals surface area contributed by atoms with Crippen LogP contribution in [-0.4, -0.2) is 28.2 Å². The summed E-state index contributed by atoms with van der Waals surface area (Å²) in [6.45, 7) is 5.58. The van der Waals surface area contributed by atoms with Crippen LogP contribution in [0.4, 0.5) is 5.13 Å². The molecule has 1 aliphatic heterocycles. The molecule has 0 unspecified atom stereocenters. The Bertz CT molecular complexity index is 1060. The fourth-order valence-electron chi connectivity index (χ4n) is 3.39.